The SMILES string of the molecule is Nc1ccc(CCCCC[O])c(N)c1N. The van der Waals surface area contributed by atoms with Crippen LogP contribution in [0.1, 0.15) is 24.8 Å². The molecule has 0 aromatic heterocycles. The van der Waals surface area contributed by atoms with Crippen molar-refractivity contribution in [3.05, 3.63) is 17.7 Å². The van der Waals surface area contributed by atoms with E-state index >= 15 is 0 Å². The molecule has 83 valence electrons. The lowest BCUT2D eigenvalue weighted by Gasteiger charge is -2.09. The van der Waals surface area contributed by atoms with Gasteiger partial charge in [-0.2, -0.15) is 0 Å². The molecule has 0 aliphatic heterocycles. The molecule has 15 heavy (non-hydrogen) atoms. The predicted molar refractivity (Wildman–Crippen MR) is 62.8 cm³/mol. The fourth-order valence-corrected chi connectivity index (χ4v) is 1.51. The predicted octanol–water partition coefficient (Wildman–Crippen LogP) is 1.58. The van der Waals surface area contributed by atoms with Gasteiger partial charge in [-0.05, 0) is 30.9 Å². The number of unbranched alkanes of at least 4 members (excludes halogenated alkanes) is 2. The van der Waals surface area contributed by atoms with Crippen molar-refractivity contribution in [3.63, 3.8) is 0 Å². The minimum Gasteiger partial charge on any atom is -0.397 e. The first-order valence-corrected chi connectivity index (χ1v) is 5.17. The summed E-state index contributed by atoms with van der Waals surface area (Å²) in [5.74, 6) is 0. The molecule has 0 bridgehead atoms. The molecular weight excluding hydrogens is 190 g/mol. The molecule has 1 rings (SSSR count). The van der Waals surface area contributed by atoms with Crippen molar-refractivity contribution < 1.29 is 5.11 Å². The summed E-state index contributed by atoms with van der Waals surface area (Å²) in [6.45, 7) is -0.000636. The van der Waals surface area contributed by atoms with Gasteiger partial charge in [-0.15, -0.1) is 0 Å². The van der Waals surface area contributed by atoms with E-state index in [0.717, 1.165) is 31.2 Å². The highest BCUT2D eigenvalue weighted by molar-refractivity contribution is 5.79. The molecule has 0 aliphatic carbocycles. The van der Waals surface area contributed by atoms with Crippen LogP contribution in [0.4, 0.5) is 17.1 Å². The average Bonchev–Trinajstić information content (AvgIpc) is 2.24. The van der Waals surface area contributed by atoms with Crippen LogP contribution in [0.2, 0.25) is 0 Å². The van der Waals surface area contributed by atoms with E-state index in [1.54, 1.807) is 6.07 Å². The van der Waals surface area contributed by atoms with E-state index in [4.69, 9.17) is 17.2 Å². The molecule has 0 amide bonds. The van der Waals surface area contributed by atoms with Crippen LogP contribution in [-0.2, 0) is 11.5 Å². The third-order valence-corrected chi connectivity index (χ3v) is 2.50. The first-order valence-electron chi connectivity index (χ1n) is 5.17. The van der Waals surface area contributed by atoms with E-state index in [9.17, 15) is 5.11 Å². The van der Waals surface area contributed by atoms with Crippen molar-refractivity contribution in [2.45, 2.75) is 25.7 Å². The lowest BCUT2D eigenvalue weighted by molar-refractivity contribution is 0.186. The molecular formula is C11H18N3O. The van der Waals surface area contributed by atoms with E-state index in [1.807, 2.05) is 6.07 Å². The lowest BCUT2D eigenvalue weighted by Crippen LogP contribution is -2.03. The summed E-state index contributed by atoms with van der Waals surface area (Å²) in [7, 11) is 0. The van der Waals surface area contributed by atoms with Crippen LogP contribution in [0.15, 0.2) is 12.1 Å². The van der Waals surface area contributed by atoms with E-state index < -0.39 is 0 Å². The van der Waals surface area contributed by atoms with Crippen LogP contribution < -0.4 is 17.2 Å². The fraction of sp³-hybridized carbons (Fsp3) is 0.455. The summed E-state index contributed by atoms with van der Waals surface area (Å²) in [5, 5.41) is 10.2. The van der Waals surface area contributed by atoms with Gasteiger partial charge in [0.1, 0.15) is 0 Å². The number of hydrogen-bond acceptors (Lipinski definition) is 3. The Balaban J connectivity index is 2.58. The van der Waals surface area contributed by atoms with Gasteiger partial charge in [0, 0.05) is 0 Å². The normalized spacial score (nSPS) is 10.5. The molecule has 0 spiro atoms. The largest absolute Gasteiger partial charge is 0.397 e. The van der Waals surface area contributed by atoms with Gasteiger partial charge in [0.25, 0.3) is 0 Å². The number of rotatable bonds is 5. The number of nitrogen functional groups attached to an aromatic ring is 3. The van der Waals surface area contributed by atoms with Gasteiger partial charge in [-0.1, -0.05) is 12.5 Å². The Morgan fingerprint density at radius 2 is 1.67 bits per heavy atom. The highest BCUT2D eigenvalue weighted by atomic mass is 16.2. The maximum atomic E-state index is 10.2. The molecule has 1 aromatic rings. The second-order valence-electron chi connectivity index (χ2n) is 3.66. The maximum absolute atomic E-state index is 10.2. The standard InChI is InChI=1S/C11H18N3O/c12-9-6-5-8(10(13)11(9)14)4-2-1-3-7-15/h5-6H,1-4,7,12-14H2. The minimum atomic E-state index is -0.000636. The monoisotopic (exact) mass is 208 g/mol. The average molecular weight is 208 g/mol. The van der Waals surface area contributed by atoms with Crippen LogP contribution in [0.5, 0.6) is 0 Å². The summed E-state index contributed by atoms with van der Waals surface area (Å²) >= 11 is 0. The molecule has 1 aromatic carbocycles. The number of hydrogen-bond donors (Lipinski definition) is 3. The van der Waals surface area contributed by atoms with Gasteiger partial charge in [0.2, 0.25) is 0 Å². The van der Waals surface area contributed by atoms with Crippen LogP contribution >= 0.6 is 0 Å². The molecule has 4 nitrogen and oxygen atoms in total. The third-order valence-electron chi connectivity index (χ3n) is 2.50. The number of anilines is 3. The molecule has 0 heterocycles. The van der Waals surface area contributed by atoms with Gasteiger partial charge in [-0.25, -0.2) is 5.11 Å². The molecule has 0 fully saturated rings. The zero-order chi connectivity index (χ0) is 11.3. The van der Waals surface area contributed by atoms with Gasteiger partial charge in [-0.3, -0.25) is 0 Å². The fourth-order valence-electron chi connectivity index (χ4n) is 1.51. The number of nitrogens with two attached hydrogens (primary N) is 3. The minimum absolute atomic E-state index is 0.000636. The Labute approximate surface area is 90.1 Å². The first kappa shape index (κ1) is 11.7. The lowest BCUT2D eigenvalue weighted by atomic mass is 10.0. The van der Waals surface area contributed by atoms with Gasteiger partial charge in [0.15, 0.2) is 0 Å². The highest BCUT2D eigenvalue weighted by Gasteiger charge is 2.05. The summed E-state index contributed by atoms with van der Waals surface area (Å²) in [5.41, 5.74) is 19.8. The van der Waals surface area contributed by atoms with Crippen molar-refractivity contribution in [2.75, 3.05) is 23.8 Å². The maximum Gasteiger partial charge on any atom is 0.0822 e. The molecule has 0 saturated heterocycles. The van der Waals surface area contributed by atoms with Crippen molar-refractivity contribution in [2.24, 2.45) is 0 Å². The molecule has 0 saturated carbocycles. The summed E-state index contributed by atoms with van der Waals surface area (Å²) in [6, 6.07) is 3.67. The second kappa shape index (κ2) is 5.46. The van der Waals surface area contributed by atoms with Crippen molar-refractivity contribution in [3.8, 4) is 0 Å². The number of benzene rings is 1. The summed E-state index contributed by atoms with van der Waals surface area (Å²) < 4.78 is 0. The van der Waals surface area contributed by atoms with Crippen LogP contribution in [0, 0.1) is 0 Å². The molecule has 0 atom stereocenters. The molecule has 0 unspecified atom stereocenters. The van der Waals surface area contributed by atoms with Crippen LogP contribution in [0.3, 0.4) is 0 Å². The topological polar surface area (TPSA) is 98.0 Å². The highest BCUT2D eigenvalue weighted by Crippen LogP contribution is 2.27. The van der Waals surface area contributed by atoms with Crippen LogP contribution in [-0.4, -0.2) is 6.61 Å². The van der Waals surface area contributed by atoms with Crippen molar-refractivity contribution in [1.29, 1.82) is 0 Å². The Kier molecular flexibility index (Phi) is 4.24. The van der Waals surface area contributed by atoms with Gasteiger partial charge >= 0.3 is 0 Å². The summed E-state index contributed by atoms with van der Waals surface area (Å²) in [4.78, 5) is 0. The zero-order valence-corrected chi connectivity index (χ0v) is 8.83. The second-order valence-corrected chi connectivity index (χ2v) is 3.66. The summed E-state index contributed by atoms with van der Waals surface area (Å²) in [6.07, 6.45) is 3.49. The quantitative estimate of drug-likeness (QED) is 0.506. The Morgan fingerprint density at radius 3 is 2.33 bits per heavy atom. The van der Waals surface area contributed by atoms with E-state index in [1.165, 1.54) is 0 Å². The Hall–Kier alpha value is -1.42. The number of aryl methyl sites for hydroxylation is 1. The molecule has 4 heteroatoms. The third kappa shape index (κ3) is 3.02. The smallest absolute Gasteiger partial charge is 0.0822 e. The van der Waals surface area contributed by atoms with Crippen LogP contribution in [0.25, 0.3) is 0 Å². The first-order chi connectivity index (χ1) is 7.16. The van der Waals surface area contributed by atoms with E-state index in [2.05, 4.69) is 0 Å². The van der Waals surface area contributed by atoms with Gasteiger partial charge < -0.3 is 17.2 Å². The van der Waals surface area contributed by atoms with Crippen molar-refractivity contribution >= 4 is 17.1 Å². The molecule has 1 radical (unpaired) electrons. The molecule has 0 aliphatic rings. The Bertz CT molecular complexity index is 326. The van der Waals surface area contributed by atoms with E-state index in [0.29, 0.717) is 17.1 Å². The van der Waals surface area contributed by atoms with Gasteiger partial charge in [0.05, 0.1) is 23.7 Å². The Morgan fingerprint density at radius 1 is 0.933 bits per heavy atom. The zero-order valence-electron chi connectivity index (χ0n) is 8.83. The van der Waals surface area contributed by atoms with Crippen molar-refractivity contribution in [1.82, 2.24) is 0 Å². The van der Waals surface area contributed by atoms with E-state index in [-0.39, 0.29) is 6.61 Å². The molecule has 6 N–H and O–H groups in total.